The third-order valence-corrected chi connectivity index (χ3v) is 4.90. The number of hydrogen-bond donors (Lipinski definition) is 0. The monoisotopic (exact) mass is 397 g/mol. The zero-order valence-corrected chi connectivity index (χ0v) is 17.4. The first-order valence-electron chi connectivity index (χ1n) is 10.3. The molecule has 0 atom stereocenters. The Labute approximate surface area is 178 Å². The Morgan fingerprint density at radius 1 is 0.967 bits per heavy atom. The molecule has 3 aromatic rings. The Kier molecular flexibility index (Phi) is 7.73. The van der Waals surface area contributed by atoms with Gasteiger partial charge in [-0.15, -0.1) is 0 Å². The molecule has 3 nitrogen and oxygen atoms in total. The van der Waals surface area contributed by atoms with Gasteiger partial charge in [-0.25, -0.2) is 0 Å². The number of aldehydes is 1. The van der Waals surface area contributed by atoms with Crippen LogP contribution < -0.4 is 4.74 Å². The second-order valence-electron chi connectivity index (χ2n) is 7.07. The number of hydrogen-bond acceptors (Lipinski definition) is 3. The SMILES string of the molecule is C=Cc1ccc(COc2ccc(C=NCCCC)cc2)c(-c2ccccc2C=O)c1. The van der Waals surface area contributed by atoms with E-state index in [1.165, 1.54) is 0 Å². The molecule has 0 amide bonds. The van der Waals surface area contributed by atoms with Crippen LogP contribution in [0.1, 0.15) is 46.8 Å². The lowest BCUT2D eigenvalue weighted by molar-refractivity contribution is 0.112. The number of carbonyl (C=O) groups excluding carboxylic acids is 1. The molecule has 3 rings (SSSR count). The minimum absolute atomic E-state index is 0.407. The lowest BCUT2D eigenvalue weighted by Crippen LogP contribution is -2.00. The molecule has 0 heterocycles. The summed E-state index contributed by atoms with van der Waals surface area (Å²) >= 11 is 0. The average molecular weight is 398 g/mol. The second-order valence-corrected chi connectivity index (χ2v) is 7.07. The molecule has 0 radical (unpaired) electrons. The summed E-state index contributed by atoms with van der Waals surface area (Å²) < 4.78 is 6.04. The third-order valence-electron chi connectivity index (χ3n) is 4.90. The Morgan fingerprint density at radius 3 is 2.47 bits per heavy atom. The quantitative estimate of drug-likeness (QED) is 0.219. The van der Waals surface area contributed by atoms with Crippen molar-refractivity contribution in [2.75, 3.05) is 6.54 Å². The van der Waals surface area contributed by atoms with E-state index in [2.05, 4.69) is 18.5 Å². The van der Waals surface area contributed by atoms with Crippen LogP contribution in [0.15, 0.2) is 78.3 Å². The molecule has 0 aromatic heterocycles. The molecular formula is C27H27NO2. The predicted octanol–water partition coefficient (Wildman–Crippen LogP) is 6.61. The molecule has 152 valence electrons. The van der Waals surface area contributed by atoms with Crippen LogP contribution in [-0.4, -0.2) is 19.0 Å². The maximum absolute atomic E-state index is 11.5. The van der Waals surface area contributed by atoms with Gasteiger partial charge in [0.05, 0.1) is 0 Å². The molecule has 0 aliphatic heterocycles. The Hall–Kier alpha value is -3.46. The Bertz CT molecular complexity index is 1020. The molecule has 3 heteroatoms. The number of nitrogens with zero attached hydrogens (tertiary/aromatic N) is 1. The number of rotatable bonds is 10. The highest BCUT2D eigenvalue weighted by molar-refractivity contribution is 5.89. The number of carbonyl (C=O) groups is 1. The van der Waals surface area contributed by atoms with Crippen LogP contribution in [0.5, 0.6) is 5.75 Å². The van der Waals surface area contributed by atoms with E-state index in [0.717, 1.165) is 59.2 Å². The van der Waals surface area contributed by atoms with Crippen LogP contribution in [0, 0.1) is 0 Å². The first-order chi connectivity index (χ1) is 14.7. The zero-order valence-electron chi connectivity index (χ0n) is 17.4. The van der Waals surface area contributed by atoms with Crippen LogP contribution in [-0.2, 0) is 6.61 Å². The van der Waals surface area contributed by atoms with Gasteiger partial charge in [-0.05, 0) is 64.6 Å². The number of unbranched alkanes of at least 4 members (excludes halogenated alkanes) is 1. The normalized spacial score (nSPS) is 10.8. The number of ether oxygens (including phenoxy) is 1. The van der Waals surface area contributed by atoms with E-state index in [9.17, 15) is 4.79 Å². The highest BCUT2D eigenvalue weighted by Crippen LogP contribution is 2.29. The van der Waals surface area contributed by atoms with E-state index >= 15 is 0 Å². The first-order valence-corrected chi connectivity index (χ1v) is 10.3. The van der Waals surface area contributed by atoms with Crippen LogP contribution in [0.25, 0.3) is 17.2 Å². The highest BCUT2D eigenvalue weighted by atomic mass is 16.5. The summed E-state index contributed by atoms with van der Waals surface area (Å²) in [5.74, 6) is 0.795. The smallest absolute Gasteiger partial charge is 0.150 e. The minimum atomic E-state index is 0.407. The maximum Gasteiger partial charge on any atom is 0.150 e. The summed E-state index contributed by atoms with van der Waals surface area (Å²) in [7, 11) is 0. The molecule has 0 fully saturated rings. The second kappa shape index (κ2) is 10.9. The van der Waals surface area contributed by atoms with Gasteiger partial charge in [0, 0.05) is 18.3 Å². The van der Waals surface area contributed by atoms with Gasteiger partial charge < -0.3 is 4.74 Å². The zero-order chi connectivity index (χ0) is 21.2. The summed E-state index contributed by atoms with van der Waals surface area (Å²) in [6, 6.07) is 21.6. The van der Waals surface area contributed by atoms with Gasteiger partial charge in [0.1, 0.15) is 12.4 Å². The van der Waals surface area contributed by atoms with E-state index in [1.807, 2.05) is 72.9 Å². The van der Waals surface area contributed by atoms with Crippen LogP contribution >= 0.6 is 0 Å². The van der Waals surface area contributed by atoms with Crippen molar-refractivity contribution >= 4 is 18.6 Å². The van der Waals surface area contributed by atoms with Crippen LogP contribution in [0.2, 0.25) is 0 Å². The molecule has 0 N–H and O–H groups in total. The van der Waals surface area contributed by atoms with Gasteiger partial charge in [0.25, 0.3) is 0 Å². The summed E-state index contributed by atoms with van der Waals surface area (Å²) in [4.78, 5) is 16.0. The predicted molar refractivity (Wildman–Crippen MR) is 125 cm³/mol. The molecule has 0 aliphatic carbocycles. The fourth-order valence-electron chi connectivity index (χ4n) is 3.17. The van der Waals surface area contributed by atoms with Crippen molar-refractivity contribution < 1.29 is 9.53 Å². The fourth-order valence-corrected chi connectivity index (χ4v) is 3.17. The van der Waals surface area contributed by atoms with Gasteiger partial charge in [-0.3, -0.25) is 9.79 Å². The van der Waals surface area contributed by atoms with Crippen molar-refractivity contribution in [1.82, 2.24) is 0 Å². The molecule has 0 aliphatic rings. The maximum atomic E-state index is 11.5. The van der Waals surface area contributed by atoms with Gasteiger partial charge >= 0.3 is 0 Å². The van der Waals surface area contributed by atoms with Crippen molar-refractivity contribution in [3.8, 4) is 16.9 Å². The summed E-state index contributed by atoms with van der Waals surface area (Å²) in [6.45, 7) is 7.29. The van der Waals surface area contributed by atoms with Crippen LogP contribution in [0.4, 0.5) is 0 Å². The molecule has 0 saturated heterocycles. The number of aliphatic imine (C=N–C) groups is 1. The van der Waals surface area contributed by atoms with E-state index in [0.29, 0.717) is 12.2 Å². The van der Waals surface area contributed by atoms with Crippen molar-refractivity contribution in [1.29, 1.82) is 0 Å². The van der Waals surface area contributed by atoms with Crippen molar-refractivity contribution in [3.63, 3.8) is 0 Å². The van der Waals surface area contributed by atoms with Gasteiger partial charge in [0.2, 0.25) is 0 Å². The third kappa shape index (κ3) is 5.54. The minimum Gasteiger partial charge on any atom is -0.489 e. The molecule has 0 spiro atoms. The lowest BCUT2D eigenvalue weighted by atomic mass is 9.94. The van der Waals surface area contributed by atoms with E-state index in [-0.39, 0.29) is 0 Å². The number of benzene rings is 3. The summed E-state index contributed by atoms with van der Waals surface area (Å²) in [5, 5.41) is 0. The molecular weight excluding hydrogens is 370 g/mol. The van der Waals surface area contributed by atoms with E-state index in [4.69, 9.17) is 4.74 Å². The van der Waals surface area contributed by atoms with E-state index in [1.54, 1.807) is 6.08 Å². The molecule has 0 saturated carbocycles. The molecule has 0 bridgehead atoms. The van der Waals surface area contributed by atoms with Crippen LogP contribution in [0.3, 0.4) is 0 Å². The van der Waals surface area contributed by atoms with Crippen molar-refractivity contribution in [2.24, 2.45) is 4.99 Å². The summed E-state index contributed by atoms with van der Waals surface area (Å²) in [6.07, 6.45) is 6.86. The highest BCUT2D eigenvalue weighted by Gasteiger charge is 2.10. The average Bonchev–Trinajstić information content (AvgIpc) is 2.81. The first kappa shape index (κ1) is 21.3. The van der Waals surface area contributed by atoms with Gasteiger partial charge in [0.15, 0.2) is 6.29 Å². The lowest BCUT2D eigenvalue weighted by Gasteiger charge is -2.14. The summed E-state index contributed by atoms with van der Waals surface area (Å²) in [5.41, 5.74) is 5.62. The van der Waals surface area contributed by atoms with Crippen molar-refractivity contribution in [2.45, 2.75) is 26.4 Å². The van der Waals surface area contributed by atoms with Gasteiger partial charge in [-0.2, -0.15) is 0 Å². The molecule has 30 heavy (non-hydrogen) atoms. The Morgan fingerprint density at radius 2 is 1.73 bits per heavy atom. The molecule has 0 unspecified atom stereocenters. The van der Waals surface area contributed by atoms with E-state index < -0.39 is 0 Å². The fraction of sp³-hybridized carbons (Fsp3) is 0.185. The largest absolute Gasteiger partial charge is 0.489 e. The topological polar surface area (TPSA) is 38.7 Å². The molecule has 3 aromatic carbocycles. The standard InChI is InChI=1S/C27H27NO2/c1-3-5-16-28-18-22-11-14-25(15-12-22)30-20-24-13-10-21(4-2)17-27(24)26-9-7-6-8-23(26)19-29/h4,6-15,17-19H,2-3,5,16,20H2,1H3. The van der Waals surface area contributed by atoms with Crippen molar-refractivity contribution in [3.05, 3.63) is 95.6 Å². The van der Waals surface area contributed by atoms with Gasteiger partial charge in [-0.1, -0.05) is 62.4 Å². The Balaban J connectivity index is 1.78.